The number of hydrogen-bond donors (Lipinski definition) is 1. The second kappa shape index (κ2) is 13.1. The number of nitrogens with zero attached hydrogens (tertiary/aromatic N) is 2. The lowest BCUT2D eigenvalue weighted by Gasteiger charge is -2.30. The second-order valence-electron chi connectivity index (χ2n) is 8.53. The van der Waals surface area contributed by atoms with Gasteiger partial charge in [-0.15, -0.1) is 0 Å². The van der Waals surface area contributed by atoms with E-state index in [1.165, 1.54) is 9.21 Å². The van der Waals surface area contributed by atoms with Crippen LogP contribution in [-0.4, -0.2) is 50.0 Å². The van der Waals surface area contributed by atoms with Crippen LogP contribution in [0.5, 0.6) is 0 Å². The van der Waals surface area contributed by atoms with Gasteiger partial charge in [0, 0.05) is 35.6 Å². The fraction of sp³-hybridized carbons (Fsp3) is 0.440. The Hall–Kier alpha value is -2.29. The molecule has 0 aliphatic heterocycles. The lowest BCUT2D eigenvalue weighted by Crippen LogP contribution is -2.49. The van der Waals surface area contributed by atoms with Crippen molar-refractivity contribution in [2.75, 3.05) is 17.1 Å². The number of carbonyl (C=O) groups is 2. The van der Waals surface area contributed by atoms with Gasteiger partial charge in [-0.3, -0.25) is 13.9 Å². The van der Waals surface area contributed by atoms with E-state index in [0.717, 1.165) is 18.2 Å². The maximum atomic E-state index is 13.3. The summed E-state index contributed by atoms with van der Waals surface area (Å²) in [5.74, 6) is -0.521. The third-order valence-electron chi connectivity index (χ3n) is 5.72. The number of rotatable bonds is 12. The van der Waals surface area contributed by atoms with Gasteiger partial charge in [-0.2, -0.15) is 0 Å². The van der Waals surface area contributed by atoms with Crippen LogP contribution >= 0.6 is 23.2 Å². The SMILES string of the molecule is CC[C@H](C)NC(=O)[C@@H](C)N(Cc1ccccc1Cl)C(=O)CCCN(c1cccc(Cl)c1)S(C)(=O)=O. The molecule has 35 heavy (non-hydrogen) atoms. The van der Waals surface area contributed by atoms with Crippen LogP contribution in [0.15, 0.2) is 48.5 Å². The van der Waals surface area contributed by atoms with Crippen molar-refractivity contribution in [1.82, 2.24) is 10.2 Å². The Balaban J connectivity index is 2.19. The van der Waals surface area contributed by atoms with Gasteiger partial charge in [-0.05, 0) is 56.5 Å². The van der Waals surface area contributed by atoms with Gasteiger partial charge in [0.1, 0.15) is 6.04 Å². The van der Waals surface area contributed by atoms with Crippen LogP contribution in [0.3, 0.4) is 0 Å². The maximum absolute atomic E-state index is 13.3. The monoisotopic (exact) mass is 541 g/mol. The van der Waals surface area contributed by atoms with Crippen molar-refractivity contribution in [3.05, 3.63) is 64.1 Å². The first-order valence-electron chi connectivity index (χ1n) is 11.5. The summed E-state index contributed by atoms with van der Waals surface area (Å²) in [6, 6.07) is 13.0. The van der Waals surface area contributed by atoms with Crippen LogP contribution in [-0.2, 0) is 26.2 Å². The predicted octanol–water partition coefficient (Wildman–Crippen LogP) is 4.87. The number of hydrogen-bond acceptors (Lipinski definition) is 4. The van der Waals surface area contributed by atoms with Gasteiger partial charge in [0.2, 0.25) is 21.8 Å². The Morgan fingerprint density at radius 3 is 2.34 bits per heavy atom. The molecule has 0 radical (unpaired) electrons. The average molecular weight is 543 g/mol. The number of benzene rings is 2. The number of amides is 2. The molecule has 0 saturated carbocycles. The summed E-state index contributed by atoms with van der Waals surface area (Å²) in [5, 5.41) is 3.84. The average Bonchev–Trinajstić information content (AvgIpc) is 2.79. The Kier molecular flexibility index (Phi) is 10.9. The van der Waals surface area contributed by atoms with Gasteiger partial charge in [0.15, 0.2) is 0 Å². The number of nitrogens with one attached hydrogen (secondary N) is 1. The van der Waals surface area contributed by atoms with E-state index < -0.39 is 16.1 Å². The number of anilines is 1. The van der Waals surface area contributed by atoms with Gasteiger partial charge >= 0.3 is 0 Å². The molecule has 10 heteroatoms. The zero-order valence-corrected chi connectivity index (χ0v) is 22.8. The van der Waals surface area contributed by atoms with Crippen molar-refractivity contribution in [3.63, 3.8) is 0 Å². The Bertz CT molecular complexity index is 1130. The molecule has 2 aromatic carbocycles. The number of carbonyl (C=O) groups excluding carboxylic acids is 2. The first kappa shape index (κ1) is 28.9. The van der Waals surface area contributed by atoms with E-state index in [9.17, 15) is 18.0 Å². The minimum Gasteiger partial charge on any atom is -0.352 e. The van der Waals surface area contributed by atoms with Gasteiger partial charge in [-0.25, -0.2) is 8.42 Å². The highest BCUT2D eigenvalue weighted by molar-refractivity contribution is 7.92. The number of halogens is 2. The fourth-order valence-electron chi connectivity index (χ4n) is 3.49. The summed E-state index contributed by atoms with van der Waals surface area (Å²) >= 11 is 12.4. The molecule has 0 unspecified atom stereocenters. The standard InChI is InChI=1S/C25H33Cl2N3O4S/c1-5-18(2)28-25(32)19(3)29(17-20-10-6-7-13-23(20)27)24(31)14-9-15-30(35(4,33)34)22-12-8-11-21(26)16-22/h6-8,10-13,16,18-19H,5,9,14-15,17H2,1-4H3,(H,28,32)/t18-,19+/m0/s1. The molecule has 0 aliphatic rings. The molecule has 2 rings (SSSR count). The first-order chi connectivity index (χ1) is 16.4. The van der Waals surface area contributed by atoms with E-state index in [4.69, 9.17) is 23.2 Å². The van der Waals surface area contributed by atoms with E-state index in [-0.39, 0.29) is 43.8 Å². The Morgan fingerprint density at radius 1 is 1.06 bits per heavy atom. The van der Waals surface area contributed by atoms with E-state index in [1.807, 2.05) is 26.0 Å². The molecule has 0 aliphatic carbocycles. The minimum absolute atomic E-state index is 0.0248. The molecule has 2 aromatic rings. The van der Waals surface area contributed by atoms with Crippen LogP contribution in [0.1, 0.15) is 45.6 Å². The molecule has 0 spiro atoms. The molecule has 0 fully saturated rings. The molecule has 0 aromatic heterocycles. The van der Waals surface area contributed by atoms with Gasteiger partial charge in [-0.1, -0.05) is 54.4 Å². The van der Waals surface area contributed by atoms with Crippen LogP contribution < -0.4 is 9.62 Å². The molecule has 0 bridgehead atoms. The van der Waals surface area contributed by atoms with Gasteiger partial charge in [0.05, 0.1) is 11.9 Å². The highest BCUT2D eigenvalue weighted by atomic mass is 35.5. The summed E-state index contributed by atoms with van der Waals surface area (Å²) in [6.07, 6.45) is 2.19. The normalized spacial score (nSPS) is 13.1. The summed E-state index contributed by atoms with van der Waals surface area (Å²) in [4.78, 5) is 27.6. The largest absolute Gasteiger partial charge is 0.352 e. The lowest BCUT2D eigenvalue weighted by atomic mass is 10.1. The van der Waals surface area contributed by atoms with Gasteiger partial charge < -0.3 is 10.2 Å². The van der Waals surface area contributed by atoms with Crippen molar-refractivity contribution < 1.29 is 18.0 Å². The van der Waals surface area contributed by atoms with Crippen molar-refractivity contribution in [1.29, 1.82) is 0 Å². The second-order valence-corrected chi connectivity index (χ2v) is 11.3. The van der Waals surface area contributed by atoms with E-state index >= 15 is 0 Å². The van der Waals surface area contributed by atoms with E-state index in [0.29, 0.717) is 15.7 Å². The van der Waals surface area contributed by atoms with Crippen molar-refractivity contribution in [2.24, 2.45) is 0 Å². The summed E-state index contributed by atoms with van der Waals surface area (Å²) in [7, 11) is -3.59. The van der Waals surface area contributed by atoms with Crippen molar-refractivity contribution in [2.45, 2.75) is 58.7 Å². The topological polar surface area (TPSA) is 86.8 Å². The summed E-state index contributed by atoms with van der Waals surface area (Å²) < 4.78 is 26.0. The zero-order valence-electron chi connectivity index (χ0n) is 20.5. The Labute approximate surface area is 218 Å². The third kappa shape index (κ3) is 8.70. The third-order valence-corrected chi connectivity index (χ3v) is 7.51. The zero-order chi connectivity index (χ0) is 26.2. The van der Waals surface area contributed by atoms with Crippen molar-refractivity contribution in [3.8, 4) is 0 Å². The van der Waals surface area contributed by atoms with E-state index in [1.54, 1.807) is 43.3 Å². The predicted molar refractivity (Wildman–Crippen MR) is 142 cm³/mol. The lowest BCUT2D eigenvalue weighted by molar-refractivity contribution is -0.140. The first-order valence-corrected chi connectivity index (χ1v) is 14.1. The van der Waals surface area contributed by atoms with Crippen LogP contribution in [0.4, 0.5) is 5.69 Å². The minimum atomic E-state index is -3.59. The van der Waals surface area contributed by atoms with Crippen LogP contribution in [0, 0.1) is 0 Å². The van der Waals surface area contributed by atoms with Crippen molar-refractivity contribution >= 4 is 50.7 Å². The summed E-state index contributed by atoms with van der Waals surface area (Å²) in [5.41, 5.74) is 1.16. The highest BCUT2D eigenvalue weighted by Crippen LogP contribution is 2.23. The van der Waals surface area contributed by atoms with Crippen LogP contribution in [0.25, 0.3) is 0 Å². The molecular formula is C25H33Cl2N3O4S. The van der Waals surface area contributed by atoms with Gasteiger partial charge in [0.25, 0.3) is 0 Å². The van der Waals surface area contributed by atoms with Crippen LogP contribution in [0.2, 0.25) is 10.0 Å². The fourth-order valence-corrected chi connectivity index (χ4v) is 4.83. The molecule has 0 saturated heterocycles. The smallest absolute Gasteiger partial charge is 0.242 e. The molecule has 2 atom stereocenters. The Morgan fingerprint density at radius 2 is 1.74 bits per heavy atom. The molecule has 192 valence electrons. The molecule has 0 heterocycles. The molecule has 7 nitrogen and oxygen atoms in total. The molecule has 2 amide bonds. The number of sulfonamides is 1. The van der Waals surface area contributed by atoms with E-state index in [2.05, 4.69) is 5.32 Å². The maximum Gasteiger partial charge on any atom is 0.242 e. The quantitative estimate of drug-likeness (QED) is 0.415. The highest BCUT2D eigenvalue weighted by Gasteiger charge is 2.27. The molecular weight excluding hydrogens is 509 g/mol. The summed E-state index contributed by atoms with van der Waals surface area (Å²) in [6.45, 7) is 5.81. The molecule has 1 N–H and O–H groups in total.